The Morgan fingerprint density at radius 2 is 1.90 bits per heavy atom. The highest BCUT2D eigenvalue weighted by Crippen LogP contribution is 2.23. The lowest BCUT2D eigenvalue weighted by Gasteiger charge is -2.27. The van der Waals surface area contributed by atoms with Crippen molar-refractivity contribution in [3.05, 3.63) is 65.5 Å². The van der Waals surface area contributed by atoms with Crippen LogP contribution in [0.5, 0.6) is 0 Å². The Bertz CT molecular complexity index is 883. The summed E-state index contributed by atoms with van der Waals surface area (Å²) in [6.45, 7) is 6.18. The largest absolute Gasteiger partial charge is 0.356 e. The molecule has 0 unspecified atom stereocenters. The van der Waals surface area contributed by atoms with Crippen molar-refractivity contribution in [2.75, 3.05) is 25.0 Å². The minimum absolute atomic E-state index is 0. The number of hydrogen-bond acceptors (Lipinski definition) is 2. The molecule has 0 atom stereocenters. The van der Waals surface area contributed by atoms with Crippen LogP contribution in [0, 0.1) is 5.82 Å². The van der Waals surface area contributed by atoms with Gasteiger partial charge in [0, 0.05) is 44.2 Å². The van der Waals surface area contributed by atoms with E-state index in [1.54, 1.807) is 19.2 Å². The van der Waals surface area contributed by atoms with Crippen LogP contribution in [0.4, 0.5) is 10.1 Å². The SMILES string of the molecule is CN=C(NCc1ccc(N2CCCC2=O)cc1)NCC(C)(C)c1cccc(F)c1.I. The fraction of sp³-hybridized carbons (Fsp3) is 0.391. The Hall–Kier alpha value is -2.16. The Balaban J connectivity index is 0.00000320. The van der Waals surface area contributed by atoms with Crippen molar-refractivity contribution in [2.45, 2.75) is 38.6 Å². The highest BCUT2D eigenvalue weighted by atomic mass is 127. The monoisotopic (exact) mass is 524 g/mol. The number of aliphatic imine (C=N–C) groups is 1. The van der Waals surface area contributed by atoms with E-state index in [9.17, 15) is 9.18 Å². The molecule has 5 nitrogen and oxygen atoms in total. The van der Waals surface area contributed by atoms with Gasteiger partial charge < -0.3 is 15.5 Å². The summed E-state index contributed by atoms with van der Waals surface area (Å²) >= 11 is 0. The summed E-state index contributed by atoms with van der Waals surface area (Å²) in [7, 11) is 1.73. The molecule has 2 aromatic rings. The van der Waals surface area contributed by atoms with Gasteiger partial charge in [-0.1, -0.05) is 38.1 Å². The molecule has 0 aliphatic carbocycles. The summed E-state index contributed by atoms with van der Waals surface area (Å²) < 4.78 is 13.5. The number of anilines is 1. The average Bonchev–Trinajstić information content (AvgIpc) is 3.14. The van der Waals surface area contributed by atoms with E-state index in [0.29, 0.717) is 25.5 Å². The van der Waals surface area contributed by atoms with Crippen LogP contribution in [0.1, 0.15) is 37.8 Å². The number of guanidine groups is 1. The third-order valence-corrected chi connectivity index (χ3v) is 5.31. The predicted octanol–water partition coefficient (Wildman–Crippen LogP) is 4.21. The number of carbonyl (C=O) groups is 1. The van der Waals surface area contributed by atoms with E-state index in [-0.39, 0.29) is 41.1 Å². The van der Waals surface area contributed by atoms with E-state index in [1.165, 1.54) is 6.07 Å². The van der Waals surface area contributed by atoms with E-state index in [1.807, 2.05) is 35.2 Å². The Kier molecular flexibility index (Phi) is 8.64. The molecule has 3 rings (SSSR count). The van der Waals surface area contributed by atoms with Crippen LogP contribution in [0.2, 0.25) is 0 Å². The zero-order valence-electron chi connectivity index (χ0n) is 17.7. The smallest absolute Gasteiger partial charge is 0.227 e. The van der Waals surface area contributed by atoms with Gasteiger partial charge >= 0.3 is 0 Å². The van der Waals surface area contributed by atoms with Crippen molar-refractivity contribution >= 4 is 41.5 Å². The molecule has 1 saturated heterocycles. The topological polar surface area (TPSA) is 56.7 Å². The maximum absolute atomic E-state index is 13.5. The molecule has 0 aromatic heterocycles. The molecule has 7 heteroatoms. The number of benzene rings is 2. The summed E-state index contributed by atoms with van der Waals surface area (Å²) in [5, 5.41) is 6.63. The zero-order chi connectivity index (χ0) is 20.9. The molecule has 0 spiro atoms. The number of amides is 1. The Morgan fingerprint density at radius 1 is 1.17 bits per heavy atom. The molecule has 2 N–H and O–H groups in total. The lowest BCUT2D eigenvalue weighted by Crippen LogP contribution is -2.43. The highest BCUT2D eigenvalue weighted by Gasteiger charge is 2.22. The van der Waals surface area contributed by atoms with Crippen molar-refractivity contribution in [1.29, 1.82) is 0 Å². The first-order chi connectivity index (χ1) is 13.9. The summed E-state index contributed by atoms with van der Waals surface area (Å²) in [6, 6.07) is 14.7. The van der Waals surface area contributed by atoms with Gasteiger partial charge in [0.1, 0.15) is 5.82 Å². The van der Waals surface area contributed by atoms with Crippen molar-refractivity contribution in [2.24, 2.45) is 4.99 Å². The van der Waals surface area contributed by atoms with Crippen molar-refractivity contribution in [3.63, 3.8) is 0 Å². The van der Waals surface area contributed by atoms with Gasteiger partial charge in [-0.25, -0.2) is 4.39 Å². The van der Waals surface area contributed by atoms with Gasteiger partial charge in [-0.05, 0) is 41.8 Å². The molecule has 2 aromatic carbocycles. The second kappa shape index (κ2) is 10.7. The standard InChI is InChI=1S/C23H29FN4O.HI/c1-23(2,18-6-4-7-19(24)14-18)16-27-22(25-3)26-15-17-9-11-20(12-10-17)28-13-5-8-21(28)29;/h4,6-7,9-12,14H,5,8,13,15-16H2,1-3H3,(H2,25,26,27);1H. The molecular weight excluding hydrogens is 494 g/mol. The lowest BCUT2D eigenvalue weighted by molar-refractivity contribution is -0.117. The van der Waals surface area contributed by atoms with Crippen molar-refractivity contribution in [1.82, 2.24) is 10.6 Å². The molecule has 1 aliphatic rings. The third kappa shape index (κ3) is 6.17. The predicted molar refractivity (Wildman–Crippen MR) is 131 cm³/mol. The summed E-state index contributed by atoms with van der Waals surface area (Å²) in [4.78, 5) is 18.0. The normalized spacial score (nSPS) is 14.5. The second-order valence-corrected chi connectivity index (χ2v) is 7.99. The van der Waals surface area contributed by atoms with Crippen molar-refractivity contribution < 1.29 is 9.18 Å². The molecule has 1 fully saturated rings. The van der Waals surface area contributed by atoms with Gasteiger partial charge in [0.05, 0.1) is 0 Å². The van der Waals surface area contributed by atoms with Gasteiger partial charge in [-0.15, -0.1) is 24.0 Å². The number of nitrogens with zero attached hydrogens (tertiary/aromatic N) is 2. The molecule has 1 aliphatic heterocycles. The van der Waals surface area contributed by atoms with Gasteiger partial charge in [0.2, 0.25) is 5.91 Å². The first kappa shape index (κ1) is 24.1. The van der Waals surface area contributed by atoms with Gasteiger partial charge in [-0.3, -0.25) is 9.79 Å². The first-order valence-electron chi connectivity index (χ1n) is 9.99. The van der Waals surface area contributed by atoms with Crippen LogP contribution in [0.3, 0.4) is 0 Å². The third-order valence-electron chi connectivity index (χ3n) is 5.31. The molecule has 30 heavy (non-hydrogen) atoms. The van der Waals surface area contributed by atoms with E-state index in [4.69, 9.17) is 0 Å². The Morgan fingerprint density at radius 3 is 2.50 bits per heavy atom. The number of rotatable bonds is 6. The van der Waals surface area contributed by atoms with Crippen LogP contribution in [-0.4, -0.2) is 32.0 Å². The summed E-state index contributed by atoms with van der Waals surface area (Å²) in [5.41, 5.74) is 2.75. The van der Waals surface area contributed by atoms with E-state index < -0.39 is 0 Å². The maximum atomic E-state index is 13.5. The quantitative estimate of drug-likeness (QED) is 0.338. The minimum atomic E-state index is -0.246. The molecule has 1 amide bonds. The minimum Gasteiger partial charge on any atom is -0.356 e. The van der Waals surface area contributed by atoms with Gasteiger partial charge in [0.15, 0.2) is 5.96 Å². The van der Waals surface area contributed by atoms with Crippen LogP contribution < -0.4 is 15.5 Å². The van der Waals surface area contributed by atoms with E-state index in [2.05, 4.69) is 29.5 Å². The number of carbonyl (C=O) groups excluding carboxylic acids is 1. The highest BCUT2D eigenvalue weighted by molar-refractivity contribution is 14.0. The van der Waals surface area contributed by atoms with Crippen molar-refractivity contribution in [3.8, 4) is 0 Å². The van der Waals surface area contributed by atoms with Crippen LogP contribution in [-0.2, 0) is 16.8 Å². The fourth-order valence-electron chi connectivity index (χ4n) is 3.44. The molecule has 0 bridgehead atoms. The summed E-state index contributed by atoms with van der Waals surface area (Å²) in [6.07, 6.45) is 1.56. The maximum Gasteiger partial charge on any atom is 0.227 e. The second-order valence-electron chi connectivity index (χ2n) is 7.99. The molecule has 0 radical (unpaired) electrons. The van der Waals surface area contributed by atoms with E-state index in [0.717, 1.165) is 29.8 Å². The number of hydrogen-bond donors (Lipinski definition) is 2. The molecule has 1 heterocycles. The Labute approximate surface area is 195 Å². The molecule has 0 saturated carbocycles. The van der Waals surface area contributed by atoms with Crippen LogP contribution >= 0.6 is 24.0 Å². The number of halogens is 2. The molecule has 162 valence electrons. The van der Waals surface area contributed by atoms with Crippen LogP contribution in [0.15, 0.2) is 53.5 Å². The zero-order valence-corrected chi connectivity index (χ0v) is 20.1. The fourth-order valence-corrected chi connectivity index (χ4v) is 3.44. The first-order valence-corrected chi connectivity index (χ1v) is 9.99. The van der Waals surface area contributed by atoms with E-state index >= 15 is 0 Å². The van der Waals surface area contributed by atoms with Gasteiger partial charge in [0.25, 0.3) is 0 Å². The van der Waals surface area contributed by atoms with Gasteiger partial charge in [-0.2, -0.15) is 0 Å². The molecular formula is C23H30FIN4O. The lowest BCUT2D eigenvalue weighted by atomic mass is 9.84. The average molecular weight is 524 g/mol. The van der Waals surface area contributed by atoms with Crippen LogP contribution in [0.25, 0.3) is 0 Å². The number of nitrogens with one attached hydrogen (secondary N) is 2. The summed E-state index contributed by atoms with van der Waals surface area (Å²) in [5.74, 6) is 0.659.